The number of unbranched alkanes of at least 4 members (excludes halogenated alkanes) is 1. The van der Waals surface area contributed by atoms with E-state index in [1.54, 1.807) is 0 Å². The van der Waals surface area contributed by atoms with Crippen LogP contribution < -0.4 is 0 Å². The summed E-state index contributed by atoms with van der Waals surface area (Å²) in [5.74, 6) is 0. The second kappa shape index (κ2) is 6.55. The fourth-order valence-electron chi connectivity index (χ4n) is 2.08. The lowest BCUT2D eigenvalue weighted by Gasteiger charge is -2.10. The topological polar surface area (TPSA) is 18.5 Å². The zero-order valence-electron chi connectivity index (χ0n) is 10.9. The normalized spacial score (nSPS) is 15.6. The maximum atomic E-state index is 5.47. The van der Waals surface area contributed by atoms with Crippen molar-refractivity contribution in [3.63, 3.8) is 0 Å². The molecule has 0 bridgehead atoms. The monoisotopic (exact) mass is 244 g/mol. The first-order valence-corrected chi connectivity index (χ1v) is 6.57. The average molecular weight is 244 g/mol. The Labute approximate surface area is 109 Å². The van der Waals surface area contributed by atoms with Crippen LogP contribution in [0.2, 0.25) is 0 Å². The van der Waals surface area contributed by atoms with Gasteiger partial charge in [-0.15, -0.1) is 5.73 Å². The van der Waals surface area contributed by atoms with Crippen molar-refractivity contribution in [2.45, 2.75) is 32.5 Å². The molecule has 0 unspecified atom stereocenters. The second-order valence-corrected chi connectivity index (χ2v) is 4.45. The van der Waals surface area contributed by atoms with Gasteiger partial charge in [0.05, 0.1) is 13.2 Å². The Hall–Kier alpha value is -1.34. The minimum absolute atomic E-state index is 0.189. The fourth-order valence-corrected chi connectivity index (χ4v) is 2.08. The van der Waals surface area contributed by atoms with Gasteiger partial charge in [-0.05, 0) is 18.4 Å². The molecule has 0 aliphatic carbocycles. The van der Waals surface area contributed by atoms with Gasteiger partial charge in [0, 0.05) is 11.1 Å². The van der Waals surface area contributed by atoms with E-state index in [2.05, 4.69) is 43.5 Å². The van der Waals surface area contributed by atoms with Crippen LogP contribution in [0, 0.1) is 0 Å². The van der Waals surface area contributed by atoms with Crippen molar-refractivity contribution in [1.82, 2.24) is 0 Å². The molecular formula is C16H20O2. The average Bonchev–Trinajstić information content (AvgIpc) is 2.94. The van der Waals surface area contributed by atoms with Crippen LogP contribution in [0.25, 0.3) is 5.57 Å². The summed E-state index contributed by atoms with van der Waals surface area (Å²) in [6.07, 6.45) is 3.21. The SMILES string of the molecule is C=C=C(CCCC)c1ccc(C2OCCO2)cc1. The molecule has 0 amide bonds. The molecule has 0 spiro atoms. The summed E-state index contributed by atoms with van der Waals surface area (Å²) in [6.45, 7) is 7.33. The highest BCUT2D eigenvalue weighted by molar-refractivity contribution is 5.64. The smallest absolute Gasteiger partial charge is 0.184 e. The Balaban J connectivity index is 2.08. The molecule has 0 saturated carbocycles. The third-order valence-corrected chi connectivity index (χ3v) is 3.15. The summed E-state index contributed by atoms with van der Waals surface area (Å²) < 4.78 is 10.9. The zero-order chi connectivity index (χ0) is 12.8. The molecule has 1 heterocycles. The molecule has 2 nitrogen and oxygen atoms in total. The third-order valence-electron chi connectivity index (χ3n) is 3.15. The Bertz CT molecular complexity index is 421. The highest BCUT2D eigenvalue weighted by atomic mass is 16.7. The van der Waals surface area contributed by atoms with Gasteiger partial charge in [-0.3, -0.25) is 0 Å². The summed E-state index contributed by atoms with van der Waals surface area (Å²) in [5.41, 5.74) is 6.51. The lowest BCUT2D eigenvalue weighted by Crippen LogP contribution is -1.97. The van der Waals surface area contributed by atoms with E-state index >= 15 is 0 Å². The molecule has 96 valence electrons. The standard InChI is InChI=1S/C16H20O2/c1-3-5-6-13(4-2)14-7-9-15(10-8-14)16-17-11-12-18-16/h7-10,16H,2-3,5-6,11-12H2,1H3. The van der Waals surface area contributed by atoms with Gasteiger partial charge >= 0.3 is 0 Å². The minimum Gasteiger partial charge on any atom is -0.346 e. The van der Waals surface area contributed by atoms with Crippen molar-refractivity contribution in [3.05, 3.63) is 47.7 Å². The summed E-state index contributed by atoms with van der Waals surface area (Å²) in [7, 11) is 0. The number of benzene rings is 1. The van der Waals surface area contributed by atoms with Gasteiger partial charge in [-0.2, -0.15) is 0 Å². The summed E-state index contributed by atoms with van der Waals surface area (Å²) in [5, 5.41) is 0. The molecule has 18 heavy (non-hydrogen) atoms. The maximum absolute atomic E-state index is 5.47. The third kappa shape index (κ3) is 3.11. The van der Waals surface area contributed by atoms with E-state index in [9.17, 15) is 0 Å². The van der Waals surface area contributed by atoms with Crippen molar-refractivity contribution >= 4 is 5.57 Å². The van der Waals surface area contributed by atoms with E-state index in [4.69, 9.17) is 9.47 Å². The van der Waals surface area contributed by atoms with Crippen molar-refractivity contribution in [3.8, 4) is 0 Å². The van der Waals surface area contributed by atoms with Gasteiger partial charge in [-0.1, -0.05) is 44.2 Å². The quantitative estimate of drug-likeness (QED) is 0.726. The van der Waals surface area contributed by atoms with Gasteiger partial charge < -0.3 is 9.47 Å². The molecule has 1 aliphatic rings. The Morgan fingerprint density at radius 3 is 2.50 bits per heavy atom. The van der Waals surface area contributed by atoms with Crippen molar-refractivity contribution < 1.29 is 9.47 Å². The molecule has 0 radical (unpaired) electrons. The van der Waals surface area contributed by atoms with E-state index in [1.807, 2.05) is 0 Å². The van der Waals surface area contributed by atoms with E-state index in [1.165, 1.54) is 24.0 Å². The van der Waals surface area contributed by atoms with Crippen LogP contribution in [0.15, 0.2) is 36.6 Å². The molecule has 1 saturated heterocycles. The molecule has 0 atom stereocenters. The Kier molecular flexibility index (Phi) is 4.77. The lowest BCUT2D eigenvalue weighted by atomic mass is 10.00. The predicted molar refractivity (Wildman–Crippen MR) is 73.2 cm³/mol. The molecule has 1 aromatic carbocycles. The largest absolute Gasteiger partial charge is 0.346 e. The molecule has 1 aromatic rings. The highest BCUT2D eigenvalue weighted by Gasteiger charge is 2.17. The number of hydrogen-bond donors (Lipinski definition) is 0. The van der Waals surface area contributed by atoms with E-state index < -0.39 is 0 Å². The van der Waals surface area contributed by atoms with Crippen LogP contribution in [0.3, 0.4) is 0 Å². The lowest BCUT2D eigenvalue weighted by molar-refractivity contribution is -0.0441. The van der Waals surface area contributed by atoms with E-state index in [0.29, 0.717) is 13.2 Å². The van der Waals surface area contributed by atoms with E-state index in [-0.39, 0.29) is 6.29 Å². The fraction of sp³-hybridized carbons (Fsp3) is 0.438. The van der Waals surface area contributed by atoms with Gasteiger partial charge in [-0.25, -0.2) is 0 Å². The predicted octanol–water partition coefficient (Wildman–Crippen LogP) is 4.09. The molecule has 0 N–H and O–H groups in total. The molecule has 1 fully saturated rings. The van der Waals surface area contributed by atoms with Crippen molar-refractivity contribution in [2.24, 2.45) is 0 Å². The first-order chi connectivity index (χ1) is 8.85. The van der Waals surface area contributed by atoms with Crippen LogP contribution in [-0.4, -0.2) is 13.2 Å². The van der Waals surface area contributed by atoms with Gasteiger partial charge in [0.2, 0.25) is 0 Å². The van der Waals surface area contributed by atoms with Crippen molar-refractivity contribution in [1.29, 1.82) is 0 Å². The number of hydrogen-bond acceptors (Lipinski definition) is 2. The van der Waals surface area contributed by atoms with E-state index in [0.717, 1.165) is 12.0 Å². The van der Waals surface area contributed by atoms with Gasteiger partial charge in [0.15, 0.2) is 6.29 Å². The highest BCUT2D eigenvalue weighted by Crippen LogP contribution is 2.26. The molecule has 1 aliphatic heterocycles. The Morgan fingerprint density at radius 1 is 1.28 bits per heavy atom. The Morgan fingerprint density at radius 2 is 1.94 bits per heavy atom. The molecular weight excluding hydrogens is 224 g/mol. The van der Waals surface area contributed by atoms with Gasteiger partial charge in [0.1, 0.15) is 0 Å². The van der Waals surface area contributed by atoms with Crippen LogP contribution >= 0.6 is 0 Å². The summed E-state index contributed by atoms with van der Waals surface area (Å²) in [4.78, 5) is 0. The zero-order valence-corrected chi connectivity index (χ0v) is 10.9. The summed E-state index contributed by atoms with van der Waals surface area (Å²) in [6, 6.07) is 8.33. The minimum atomic E-state index is -0.189. The maximum Gasteiger partial charge on any atom is 0.184 e. The van der Waals surface area contributed by atoms with Crippen LogP contribution in [0.5, 0.6) is 0 Å². The number of rotatable bonds is 5. The second-order valence-electron chi connectivity index (χ2n) is 4.45. The summed E-state index contributed by atoms with van der Waals surface area (Å²) >= 11 is 0. The van der Waals surface area contributed by atoms with Crippen LogP contribution in [0.1, 0.15) is 43.6 Å². The van der Waals surface area contributed by atoms with Crippen molar-refractivity contribution in [2.75, 3.05) is 13.2 Å². The first kappa shape index (κ1) is 13.1. The molecule has 0 aromatic heterocycles. The van der Waals surface area contributed by atoms with Crippen LogP contribution in [0.4, 0.5) is 0 Å². The first-order valence-electron chi connectivity index (χ1n) is 6.57. The number of ether oxygens (including phenoxy) is 2. The van der Waals surface area contributed by atoms with Crippen LogP contribution in [-0.2, 0) is 9.47 Å². The molecule has 2 heteroatoms. The van der Waals surface area contributed by atoms with Gasteiger partial charge in [0.25, 0.3) is 0 Å². The number of allylic oxidation sites excluding steroid dienone is 1. The molecule has 2 rings (SSSR count).